The molecule has 138 valence electrons. The lowest BCUT2D eigenvalue weighted by Crippen LogP contribution is -3.00. The third-order valence-electron chi connectivity index (χ3n) is 4.54. The van der Waals surface area contributed by atoms with Crippen LogP contribution in [0.2, 0.25) is 0 Å². The van der Waals surface area contributed by atoms with Crippen LogP contribution in [0.1, 0.15) is 33.6 Å². The first-order valence-electron chi connectivity index (χ1n) is 8.52. The fourth-order valence-electron chi connectivity index (χ4n) is 3.07. The molecule has 1 aromatic carbocycles. The van der Waals surface area contributed by atoms with Gasteiger partial charge in [-0.25, -0.2) is 0 Å². The molecule has 0 atom stereocenters. The topological polar surface area (TPSA) is 7.76 Å². The van der Waals surface area contributed by atoms with Crippen molar-refractivity contribution in [3.8, 4) is 0 Å². The van der Waals surface area contributed by atoms with Crippen molar-refractivity contribution in [2.75, 3.05) is 0 Å². The number of rotatable bonds is 4. The van der Waals surface area contributed by atoms with Crippen molar-refractivity contribution in [3.05, 3.63) is 94.6 Å². The Morgan fingerprint density at radius 2 is 0.923 bits per heavy atom. The fourth-order valence-corrected chi connectivity index (χ4v) is 3.07. The van der Waals surface area contributed by atoms with Gasteiger partial charge in [-0.05, 0) is 25.0 Å². The molecule has 3 aromatic rings. The van der Waals surface area contributed by atoms with Crippen LogP contribution in [0.15, 0.2) is 60.9 Å². The van der Waals surface area contributed by atoms with Gasteiger partial charge in [0.05, 0.1) is 0 Å². The van der Waals surface area contributed by atoms with Crippen LogP contribution in [0.3, 0.4) is 0 Å². The maximum Gasteiger partial charge on any atom is 0.178 e. The van der Waals surface area contributed by atoms with E-state index in [4.69, 9.17) is 0 Å². The normalized spacial score (nSPS) is 10.0. The smallest absolute Gasteiger partial charge is 0.178 e. The summed E-state index contributed by atoms with van der Waals surface area (Å²) in [5.41, 5.74) is 7.88. The largest absolute Gasteiger partial charge is 1.00 e. The van der Waals surface area contributed by atoms with E-state index < -0.39 is 0 Å². The van der Waals surface area contributed by atoms with Crippen molar-refractivity contribution < 1.29 is 43.1 Å². The monoisotopic (exact) mass is 476 g/mol. The number of hydrogen-bond donors (Lipinski definition) is 0. The summed E-state index contributed by atoms with van der Waals surface area (Å²) in [6.07, 6.45) is 4.34. The molecule has 2 aromatic heterocycles. The van der Waals surface area contributed by atoms with Crippen LogP contribution in [0.25, 0.3) is 0 Å². The molecule has 2 heterocycles. The lowest BCUT2D eigenvalue weighted by Gasteiger charge is -2.04. The minimum absolute atomic E-state index is 0. The van der Waals surface area contributed by atoms with Crippen LogP contribution < -0.4 is 43.1 Å². The molecule has 0 spiro atoms. The van der Waals surface area contributed by atoms with Crippen molar-refractivity contribution in [2.24, 2.45) is 0 Å². The van der Waals surface area contributed by atoms with Crippen molar-refractivity contribution >= 4 is 0 Å². The summed E-state index contributed by atoms with van der Waals surface area (Å²) in [5.74, 6) is 0. The number of hydrogen-bond acceptors (Lipinski definition) is 0. The predicted octanol–water partition coefficient (Wildman–Crippen LogP) is -2.40. The second kappa shape index (κ2) is 9.98. The number of aromatic nitrogens is 2. The van der Waals surface area contributed by atoms with E-state index in [2.05, 4.69) is 97.8 Å². The fraction of sp³-hybridized carbons (Fsp3) is 0.273. The van der Waals surface area contributed by atoms with E-state index in [-0.39, 0.29) is 34.0 Å². The summed E-state index contributed by atoms with van der Waals surface area (Å²) in [4.78, 5) is 0. The van der Waals surface area contributed by atoms with Gasteiger partial charge in [-0.15, -0.1) is 0 Å². The third kappa shape index (κ3) is 5.75. The molecule has 0 saturated heterocycles. The molecule has 0 aliphatic heterocycles. The van der Waals surface area contributed by atoms with Crippen LogP contribution in [0, 0.1) is 27.7 Å². The van der Waals surface area contributed by atoms with Crippen molar-refractivity contribution in [1.82, 2.24) is 0 Å². The minimum atomic E-state index is 0. The predicted molar refractivity (Wildman–Crippen MR) is 96.9 cm³/mol. The highest BCUT2D eigenvalue weighted by Crippen LogP contribution is 2.06. The van der Waals surface area contributed by atoms with Gasteiger partial charge in [0.1, 0.15) is 0 Å². The van der Waals surface area contributed by atoms with Crippen LogP contribution in [0.4, 0.5) is 0 Å². The minimum Gasteiger partial charge on any atom is -1.00 e. The zero-order valence-corrected chi connectivity index (χ0v) is 19.0. The summed E-state index contributed by atoms with van der Waals surface area (Å²) < 4.78 is 4.59. The lowest BCUT2D eigenvalue weighted by atomic mass is 10.1. The molecule has 0 amide bonds. The van der Waals surface area contributed by atoms with Crippen molar-refractivity contribution in [3.63, 3.8) is 0 Å². The SMILES string of the molecule is Cc1cc[n+](Cc2ccc(C[n+]3ccc(C)cc3C)cc2)c(C)c1.[Br-].[Br-]. The molecule has 3 rings (SSSR count). The molecule has 0 unspecified atom stereocenters. The Hall–Kier alpha value is -1.52. The van der Waals surface area contributed by atoms with E-state index in [0.717, 1.165) is 13.1 Å². The van der Waals surface area contributed by atoms with E-state index in [1.807, 2.05) is 0 Å². The van der Waals surface area contributed by atoms with Gasteiger partial charge in [-0.2, -0.15) is 9.13 Å². The summed E-state index contributed by atoms with van der Waals surface area (Å²) in [5, 5.41) is 0. The quantitative estimate of drug-likeness (QED) is 0.370. The van der Waals surface area contributed by atoms with E-state index in [0.29, 0.717) is 0 Å². The number of nitrogens with zero attached hydrogens (tertiary/aromatic N) is 2. The van der Waals surface area contributed by atoms with Crippen LogP contribution in [0.5, 0.6) is 0 Å². The zero-order valence-electron chi connectivity index (χ0n) is 15.8. The molecule has 0 bridgehead atoms. The molecule has 0 saturated carbocycles. The maximum atomic E-state index is 2.29. The van der Waals surface area contributed by atoms with Gasteiger partial charge in [0, 0.05) is 49.2 Å². The first kappa shape index (κ1) is 22.5. The second-order valence-electron chi connectivity index (χ2n) is 6.76. The van der Waals surface area contributed by atoms with E-state index in [9.17, 15) is 0 Å². The Morgan fingerprint density at radius 3 is 1.23 bits per heavy atom. The molecular weight excluding hydrogens is 452 g/mol. The van der Waals surface area contributed by atoms with Gasteiger partial charge in [-0.3, -0.25) is 0 Å². The van der Waals surface area contributed by atoms with Crippen molar-refractivity contribution in [2.45, 2.75) is 40.8 Å². The first-order chi connectivity index (χ1) is 11.5. The Kier molecular flexibility index (Phi) is 8.65. The zero-order chi connectivity index (χ0) is 17.1. The Labute approximate surface area is 178 Å². The molecule has 0 N–H and O–H groups in total. The lowest BCUT2D eigenvalue weighted by molar-refractivity contribution is -0.695. The standard InChI is InChI=1S/C22H26N2.2BrH/c1-17-9-11-23(19(3)13-17)15-21-5-7-22(8-6-21)16-24-12-10-18(2)14-20(24)4;;/h5-14H,15-16H2,1-4H3;2*1H/q+2;;/p-2. The molecule has 0 fully saturated rings. The average molecular weight is 478 g/mol. The average Bonchev–Trinajstić information content (AvgIpc) is 2.54. The molecule has 0 aliphatic carbocycles. The summed E-state index contributed by atoms with van der Waals surface area (Å²) in [6.45, 7) is 10.4. The number of benzene rings is 1. The molecule has 0 aliphatic rings. The van der Waals surface area contributed by atoms with E-state index >= 15 is 0 Å². The molecule has 2 nitrogen and oxygen atoms in total. The van der Waals surface area contributed by atoms with Gasteiger partial charge in [0.25, 0.3) is 0 Å². The number of halogens is 2. The van der Waals surface area contributed by atoms with E-state index in [1.54, 1.807) is 0 Å². The van der Waals surface area contributed by atoms with E-state index in [1.165, 1.54) is 33.6 Å². The Morgan fingerprint density at radius 1 is 0.577 bits per heavy atom. The Balaban J connectivity index is 0.00000169. The van der Waals surface area contributed by atoms with Crippen molar-refractivity contribution in [1.29, 1.82) is 0 Å². The van der Waals surface area contributed by atoms with Crippen LogP contribution in [-0.4, -0.2) is 0 Å². The summed E-state index contributed by atoms with van der Waals surface area (Å²) in [7, 11) is 0. The molecule has 4 heteroatoms. The van der Waals surface area contributed by atoms with Gasteiger partial charge in [0.2, 0.25) is 0 Å². The highest BCUT2D eigenvalue weighted by atomic mass is 79.9. The highest BCUT2D eigenvalue weighted by Gasteiger charge is 2.10. The second-order valence-corrected chi connectivity index (χ2v) is 6.76. The third-order valence-corrected chi connectivity index (χ3v) is 4.54. The van der Waals surface area contributed by atoms with Crippen LogP contribution in [-0.2, 0) is 13.1 Å². The maximum absolute atomic E-state index is 2.29. The van der Waals surface area contributed by atoms with Gasteiger partial charge in [-0.1, -0.05) is 24.3 Å². The highest BCUT2D eigenvalue weighted by molar-refractivity contribution is 5.21. The molecule has 0 radical (unpaired) electrons. The number of aryl methyl sites for hydroxylation is 4. The van der Waals surface area contributed by atoms with Gasteiger partial charge in [0.15, 0.2) is 36.9 Å². The molecular formula is C22H26Br2N2. The summed E-state index contributed by atoms with van der Waals surface area (Å²) in [6, 6.07) is 17.8. The number of pyridine rings is 2. The van der Waals surface area contributed by atoms with Crippen LogP contribution >= 0.6 is 0 Å². The van der Waals surface area contributed by atoms with Gasteiger partial charge < -0.3 is 34.0 Å². The molecule has 26 heavy (non-hydrogen) atoms. The van der Waals surface area contributed by atoms with Gasteiger partial charge >= 0.3 is 0 Å². The summed E-state index contributed by atoms with van der Waals surface area (Å²) >= 11 is 0. The first-order valence-corrected chi connectivity index (χ1v) is 8.52. The Bertz CT molecular complexity index is 786.